The number of aromatic nitrogens is 1. The number of ether oxygens (including phenoxy) is 3. The number of rotatable bonds is 13. The van der Waals surface area contributed by atoms with Crippen LogP contribution in [0, 0.1) is 11.3 Å². The van der Waals surface area contributed by atoms with E-state index in [4.69, 9.17) is 25.8 Å². The van der Waals surface area contributed by atoms with Gasteiger partial charge in [0.2, 0.25) is 5.91 Å². The summed E-state index contributed by atoms with van der Waals surface area (Å²) in [5.74, 6) is 0.979. The molecule has 224 valence electrons. The quantitative estimate of drug-likeness (QED) is 0.230. The molecule has 1 aliphatic rings. The lowest BCUT2D eigenvalue weighted by Gasteiger charge is -2.30. The van der Waals surface area contributed by atoms with Gasteiger partial charge in [-0.3, -0.25) is 15.1 Å². The first-order valence-electron chi connectivity index (χ1n) is 14.2. The standard InChI is InChI=1S/C31H39ClN6O4/c1-5-41-28-16-25-23(15-26(28)37-29(39)9-7-13-38(2)3)31(20(17-33)18-34-25)36-21-11-12-27(24(32)14-21)42-19-22-8-6-10-30(35-22)40-4/h11-12,14-16,18,22,30,35H,5-10,13,19H2,1-4H3,(H,34,36)(H,37,39). The lowest BCUT2D eigenvalue weighted by atomic mass is 10.0. The topological polar surface area (TPSA) is 121 Å². The van der Waals surface area contributed by atoms with E-state index in [1.807, 2.05) is 38.1 Å². The largest absolute Gasteiger partial charge is 0.492 e. The highest BCUT2D eigenvalue weighted by atomic mass is 35.5. The lowest BCUT2D eigenvalue weighted by molar-refractivity contribution is -0.116. The summed E-state index contributed by atoms with van der Waals surface area (Å²) in [6.07, 6.45) is 5.73. The Hall–Kier alpha value is -3.62. The van der Waals surface area contributed by atoms with E-state index in [1.54, 1.807) is 25.3 Å². The number of nitrogens with one attached hydrogen (secondary N) is 3. The Bertz CT molecular complexity index is 1430. The molecule has 3 N–H and O–H groups in total. The van der Waals surface area contributed by atoms with Crippen LogP contribution in [0.25, 0.3) is 10.9 Å². The zero-order valence-electron chi connectivity index (χ0n) is 24.6. The van der Waals surface area contributed by atoms with Crippen molar-refractivity contribution in [2.24, 2.45) is 0 Å². The summed E-state index contributed by atoms with van der Waals surface area (Å²) in [7, 11) is 5.65. The van der Waals surface area contributed by atoms with Crippen molar-refractivity contribution in [2.75, 3.05) is 51.6 Å². The van der Waals surface area contributed by atoms with Gasteiger partial charge in [0.1, 0.15) is 30.4 Å². The number of piperidine rings is 1. The fraction of sp³-hybridized carbons (Fsp3) is 0.452. The molecule has 2 heterocycles. The molecule has 11 heteroatoms. The number of carbonyl (C=O) groups excluding carboxylic acids is 1. The second-order valence-electron chi connectivity index (χ2n) is 10.5. The zero-order chi connectivity index (χ0) is 30.1. The third-order valence-corrected chi connectivity index (χ3v) is 7.33. The first kappa shape index (κ1) is 31.3. The molecule has 42 heavy (non-hydrogen) atoms. The van der Waals surface area contributed by atoms with Crippen LogP contribution in [0.2, 0.25) is 5.02 Å². The van der Waals surface area contributed by atoms with Crippen LogP contribution in [0.1, 0.15) is 44.6 Å². The molecule has 2 aromatic carbocycles. The number of benzene rings is 2. The van der Waals surface area contributed by atoms with E-state index in [1.165, 1.54) is 6.20 Å². The molecule has 4 rings (SSSR count). The second-order valence-corrected chi connectivity index (χ2v) is 10.9. The summed E-state index contributed by atoms with van der Waals surface area (Å²) in [5.41, 5.74) is 2.71. The molecule has 1 amide bonds. The summed E-state index contributed by atoms with van der Waals surface area (Å²) >= 11 is 6.61. The third kappa shape index (κ3) is 8.23. The SMILES string of the molecule is CCOc1cc2ncc(C#N)c(Nc3ccc(OCC4CCCC(OC)N4)c(Cl)c3)c2cc1NC(=O)CCCN(C)C. The summed E-state index contributed by atoms with van der Waals surface area (Å²) in [6.45, 7) is 3.59. The maximum absolute atomic E-state index is 12.7. The van der Waals surface area contributed by atoms with E-state index in [0.29, 0.717) is 69.7 Å². The van der Waals surface area contributed by atoms with Crippen LogP contribution < -0.4 is 25.4 Å². The molecule has 0 saturated carbocycles. The maximum Gasteiger partial charge on any atom is 0.224 e. The molecule has 3 aromatic rings. The number of carbonyl (C=O) groups is 1. The van der Waals surface area contributed by atoms with Crippen molar-refractivity contribution in [3.8, 4) is 17.6 Å². The highest BCUT2D eigenvalue weighted by Gasteiger charge is 2.21. The molecule has 2 unspecified atom stereocenters. The van der Waals surface area contributed by atoms with Crippen LogP contribution in [0.15, 0.2) is 36.5 Å². The van der Waals surface area contributed by atoms with Crippen LogP contribution in [0.3, 0.4) is 0 Å². The highest BCUT2D eigenvalue weighted by molar-refractivity contribution is 6.32. The number of nitriles is 1. The van der Waals surface area contributed by atoms with Gasteiger partial charge in [0.15, 0.2) is 0 Å². The number of pyridine rings is 1. The van der Waals surface area contributed by atoms with Crippen molar-refractivity contribution in [1.29, 1.82) is 5.26 Å². The first-order valence-corrected chi connectivity index (χ1v) is 14.6. The number of hydrogen-bond donors (Lipinski definition) is 3. The van der Waals surface area contributed by atoms with Crippen LogP contribution in [-0.4, -0.2) is 69.0 Å². The van der Waals surface area contributed by atoms with Gasteiger partial charge in [-0.15, -0.1) is 0 Å². The average molecular weight is 595 g/mol. The van der Waals surface area contributed by atoms with Gasteiger partial charge in [-0.25, -0.2) is 0 Å². The maximum atomic E-state index is 12.7. The van der Waals surface area contributed by atoms with Crippen molar-refractivity contribution >= 4 is 45.5 Å². The summed E-state index contributed by atoms with van der Waals surface area (Å²) in [6, 6.07) is 11.4. The fourth-order valence-corrected chi connectivity index (χ4v) is 5.14. The molecule has 1 aliphatic heterocycles. The van der Waals surface area contributed by atoms with E-state index in [9.17, 15) is 10.1 Å². The number of hydrogen-bond acceptors (Lipinski definition) is 9. The molecule has 0 aliphatic carbocycles. The lowest BCUT2D eigenvalue weighted by Crippen LogP contribution is -2.46. The number of halogens is 1. The van der Waals surface area contributed by atoms with Crippen LogP contribution in [0.4, 0.5) is 17.1 Å². The van der Waals surface area contributed by atoms with Crippen molar-refractivity contribution < 1.29 is 19.0 Å². The van der Waals surface area contributed by atoms with E-state index in [2.05, 4.69) is 27.0 Å². The van der Waals surface area contributed by atoms with Crippen molar-refractivity contribution in [2.45, 2.75) is 51.3 Å². The van der Waals surface area contributed by atoms with Gasteiger partial charge >= 0.3 is 0 Å². The number of fused-ring (bicyclic) bond motifs is 1. The third-order valence-electron chi connectivity index (χ3n) is 7.04. The van der Waals surface area contributed by atoms with Gasteiger partial charge in [0.05, 0.1) is 34.1 Å². The van der Waals surface area contributed by atoms with Gasteiger partial charge in [-0.2, -0.15) is 5.26 Å². The van der Waals surface area contributed by atoms with Crippen LogP contribution in [-0.2, 0) is 9.53 Å². The number of methoxy groups -OCH3 is 1. The smallest absolute Gasteiger partial charge is 0.224 e. The molecular weight excluding hydrogens is 556 g/mol. The normalized spacial score (nSPS) is 16.7. The Kier molecular flexibility index (Phi) is 11.2. The highest BCUT2D eigenvalue weighted by Crippen LogP contribution is 2.37. The number of nitrogens with zero attached hydrogens (tertiary/aromatic N) is 3. The van der Waals surface area contributed by atoms with E-state index < -0.39 is 0 Å². The van der Waals surface area contributed by atoms with Crippen molar-refractivity contribution in [1.82, 2.24) is 15.2 Å². The Morgan fingerprint density at radius 2 is 2.05 bits per heavy atom. The molecule has 1 aromatic heterocycles. The van der Waals surface area contributed by atoms with Crippen LogP contribution in [0.5, 0.6) is 11.5 Å². The minimum absolute atomic E-state index is 0.0421. The Morgan fingerprint density at radius 1 is 1.21 bits per heavy atom. The van der Waals surface area contributed by atoms with Gasteiger partial charge < -0.3 is 29.7 Å². The summed E-state index contributed by atoms with van der Waals surface area (Å²) in [5, 5.41) is 20.8. The van der Waals surface area contributed by atoms with Gasteiger partial charge in [-0.1, -0.05) is 11.6 Å². The van der Waals surface area contributed by atoms with Gasteiger partial charge in [0, 0.05) is 42.9 Å². The minimum Gasteiger partial charge on any atom is -0.492 e. The number of amides is 1. The van der Waals surface area contributed by atoms with E-state index in [0.717, 1.165) is 32.2 Å². The second kappa shape index (κ2) is 15.0. The van der Waals surface area contributed by atoms with E-state index in [-0.39, 0.29) is 18.2 Å². The Balaban J connectivity index is 1.56. The average Bonchev–Trinajstić information content (AvgIpc) is 2.97. The first-order chi connectivity index (χ1) is 20.3. The fourth-order valence-electron chi connectivity index (χ4n) is 4.91. The minimum atomic E-state index is -0.111. The Morgan fingerprint density at radius 3 is 2.76 bits per heavy atom. The molecular formula is C31H39ClN6O4. The van der Waals surface area contributed by atoms with Crippen molar-refractivity contribution in [3.05, 3.63) is 47.1 Å². The monoisotopic (exact) mass is 594 g/mol. The van der Waals surface area contributed by atoms with Gasteiger partial charge in [-0.05, 0) is 77.5 Å². The predicted molar refractivity (Wildman–Crippen MR) is 166 cm³/mol. The molecule has 0 spiro atoms. The molecule has 0 bridgehead atoms. The Labute approximate surface area is 252 Å². The molecule has 1 saturated heterocycles. The van der Waals surface area contributed by atoms with Crippen molar-refractivity contribution in [3.63, 3.8) is 0 Å². The molecule has 0 radical (unpaired) electrons. The number of anilines is 3. The molecule has 2 atom stereocenters. The van der Waals surface area contributed by atoms with E-state index >= 15 is 0 Å². The molecule has 10 nitrogen and oxygen atoms in total. The summed E-state index contributed by atoms with van der Waals surface area (Å²) < 4.78 is 17.3. The zero-order valence-corrected chi connectivity index (χ0v) is 25.4. The van der Waals surface area contributed by atoms with Crippen LogP contribution >= 0.6 is 11.6 Å². The van der Waals surface area contributed by atoms with Gasteiger partial charge in [0.25, 0.3) is 0 Å². The summed E-state index contributed by atoms with van der Waals surface area (Å²) in [4.78, 5) is 19.3. The predicted octanol–water partition coefficient (Wildman–Crippen LogP) is 5.68. The molecule has 1 fully saturated rings.